The minimum Gasteiger partial charge on any atom is -0.461 e. The first-order valence-corrected chi connectivity index (χ1v) is 11.0. The molecule has 0 saturated carbocycles. The molecule has 4 rings (SSSR count). The summed E-state index contributed by atoms with van der Waals surface area (Å²) in [5.41, 5.74) is 0.871. The maximum atomic E-state index is 12.9. The van der Waals surface area contributed by atoms with Crippen LogP contribution in [0.1, 0.15) is 31.4 Å². The summed E-state index contributed by atoms with van der Waals surface area (Å²) in [5, 5.41) is 13.4. The number of aryl methyl sites for hydroxylation is 1. The molecule has 0 bridgehead atoms. The van der Waals surface area contributed by atoms with Crippen LogP contribution in [0.25, 0.3) is 11.0 Å². The van der Waals surface area contributed by atoms with Gasteiger partial charge in [0.1, 0.15) is 11.3 Å². The smallest absolute Gasteiger partial charge is 0.223 e. The predicted molar refractivity (Wildman–Crippen MR) is 109 cm³/mol. The molecule has 1 aromatic carbocycles. The molecule has 2 N–H and O–H groups in total. The molecule has 6 nitrogen and oxygen atoms in total. The van der Waals surface area contributed by atoms with E-state index in [9.17, 15) is 14.7 Å². The number of hydrogen-bond donors (Lipinski definition) is 2. The highest BCUT2D eigenvalue weighted by Gasteiger charge is 2.41. The molecule has 2 fully saturated rings. The molecule has 7 heteroatoms. The minimum atomic E-state index is -0.342. The van der Waals surface area contributed by atoms with Gasteiger partial charge in [-0.2, -0.15) is 0 Å². The highest BCUT2D eigenvalue weighted by atomic mass is 32.2. The van der Waals surface area contributed by atoms with E-state index in [2.05, 4.69) is 5.32 Å². The minimum absolute atomic E-state index is 0.0449. The largest absolute Gasteiger partial charge is 0.461 e. The van der Waals surface area contributed by atoms with Gasteiger partial charge in [-0.15, -0.1) is 11.8 Å². The lowest BCUT2D eigenvalue weighted by Crippen LogP contribution is -2.48. The molecule has 3 atom stereocenters. The summed E-state index contributed by atoms with van der Waals surface area (Å²) in [6.45, 7) is 0.593. The van der Waals surface area contributed by atoms with Gasteiger partial charge in [-0.05, 0) is 31.4 Å². The number of ketones is 1. The number of carbonyl (C=O) groups excluding carboxylic acids is 2. The Bertz CT molecular complexity index is 819. The van der Waals surface area contributed by atoms with Gasteiger partial charge in [-0.3, -0.25) is 9.59 Å². The normalized spacial score (nSPS) is 24.9. The lowest BCUT2D eigenvalue weighted by Gasteiger charge is -2.27. The molecule has 2 aliphatic heterocycles. The fourth-order valence-electron chi connectivity index (χ4n) is 4.18. The lowest BCUT2D eigenvalue weighted by molar-refractivity contribution is -0.137. The fourth-order valence-corrected chi connectivity index (χ4v) is 5.40. The van der Waals surface area contributed by atoms with Gasteiger partial charge in [0.15, 0.2) is 5.78 Å². The van der Waals surface area contributed by atoms with Crippen molar-refractivity contribution in [1.82, 2.24) is 10.2 Å². The van der Waals surface area contributed by atoms with Crippen molar-refractivity contribution in [2.45, 2.75) is 49.4 Å². The molecular formula is C21H26N2O4S. The summed E-state index contributed by atoms with van der Waals surface area (Å²) in [4.78, 5) is 27.5. The number of carbonyl (C=O) groups is 2. The second-order valence-corrected chi connectivity index (χ2v) is 8.61. The molecule has 0 spiro atoms. The van der Waals surface area contributed by atoms with Gasteiger partial charge in [-0.25, -0.2) is 0 Å². The molecule has 28 heavy (non-hydrogen) atoms. The Kier molecular flexibility index (Phi) is 6.04. The van der Waals surface area contributed by atoms with Crippen molar-refractivity contribution in [3.63, 3.8) is 0 Å². The Balaban J connectivity index is 1.32. The van der Waals surface area contributed by atoms with Crippen molar-refractivity contribution in [2.75, 3.05) is 19.0 Å². The number of hydrogen-bond acceptors (Lipinski definition) is 6. The zero-order valence-electron chi connectivity index (χ0n) is 15.8. The van der Waals surface area contributed by atoms with Gasteiger partial charge < -0.3 is 19.7 Å². The molecule has 2 saturated heterocycles. The maximum absolute atomic E-state index is 12.9. The van der Waals surface area contributed by atoms with Crippen molar-refractivity contribution in [3.05, 3.63) is 36.1 Å². The topological polar surface area (TPSA) is 82.8 Å². The number of benzene rings is 1. The summed E-state index contributed by atoms with van der Waals surface area (Å²) in [6, 6.07) is 9.37. The number of amides is 1. The van der Waals surface area contributed by atoms with Gasteiger partial charge >= 0.3 is 0 Å². The number of aliphatic hydroxyl groups excluding tert-OH is 1. The fraction of sp³-hybridized carbons (Fsp3) is 0.524. The van der Waals surface area contributed by atoms with Gasteiger partial charge in [0, 0.05) is 36.7 Å². The first kappa shape index (κ1) is 19.5. The molecule has 150 valence electrons. The second-order valence-electron chi connectivity index (χ2n) is 7.48. The van der Waals surface area contributed by atoms with E-state index in [-0.39, 0.29) is 35.6 Å². The number of para-hydroxylation sites is 1. The van der Waals surface area contributed by atoms with Crippen LogP contribution in [-0.4, -0.2) is 58.1 Å². The zero-order chi connectivity index (χ0) is 19.5. The Labute approximate surface area is 168 Å². The van der Waals surface area contributed by atoms with Gasteiger partial charge in [0.05, 0.1) is 17.9 Å². The average Bonchev–Trinajstić information content (AvgIpc) is 3.45. The number of Topliss-reactive ketones (excluding diaryl/α,β-unsaturated/α-hetero) is 1. The Hall–Kier alpha value is -1.83. The number of aliphatic hydroxyl groups is 1. The SMILES string of the molecule is O=C(C1SCN[C@@H]1CO)[C@@H]1CCCN1C(=O)CCCc1cc2ccccc2o1. The summed E-state index contributed by atoms with van der Waals surface area (Å²) in [7, 11) is 0. The van der Waals surface area contributed by atoms with Crippen LogP contribution < -0.4 is 5.32 Å². The molecule has 1 unspecified atom stereocenters. The third-order valence-electron chi connectivity index (χ3n) is 5.64. The van der Waals surface area contributed by atoms with Crippen molar-refractivity contribution >= 4 is 34.4 Å². The molecule has 3 heterocycles. The Morgan fingerprint density at radius 1 is 1.32 bits per heavy atom. The number of rotatable bonds is 7. The summed E-state index contributed by atoms with van der Waals surface area (Å²) < 4.78 is 5.81. The molecule has 2 aromatic rings. The Morgan fingerprint density at radius 2 is 2.18 bits per heavy atom. The van der Waals surface area contributed by atoms with Crippen molar-refractivity contribution in [3.8, 4) is 0 Å². The lowest BCUT2D eigenvalue weighted by atomic mass is 10.0. The standard InChI is InChI=1S/C21H26N2O4S/c24-12-16-21(28-13-22-16)20(26)17-7-4-10-23(17)19(25)9-3-6-15-11-14-5-1-2-8-18(14)27-15/h1-2,5,8,11,16-17,21-22,24H,3-4,6-7,9-10,12-13H2/t16-,17+,21?/m1/s1. The van der Waals surface area contributed by atoms with Crippen LogP contribution in [0.5, 0.6) is 0 Å². The van der Waals surface area contributed by atoms with Crippen molar-refractivity contribution < 1.29 is 19.1 Å². The molecule has 2 aliphatic rings. The predicted octanol–water partition coefficient (Wildman–Crippen LogP) is 2.34. The average molecular weight is 403 g/mol. The number of nitrogens with zero attached hydrogens (tertiary/aromatic N) is 1. The third-order valence-corrected chi connectivity index (χ3v) is 6.90. The van der Waals surface area contributed by atoms with Crippen LogP contribution in [0.15, 0.2) is 34.7 Å². The van der Waals surface area contributed by atoms with E-state index in [4.69, 9.17) is 4.42 Å². The van der Waals surface area contributed by atoms with Crippen molar-refractivity contribution in [1.29, 1.82) is 0 Å². The molecular weight excluding hydrogens is 376 g/mol. The van der Waals surface area contributed by atoms with E-state index in [0.717, 1.165) is 29.6 Å². The summed E-state index contributed by atoms with van der Waals surface area (Å²) in [5.74, 6) is 1.68. The highest BCUT2D eigenvalue weighted by Crippen LogP contribution is 2.29. The van der Waals surface area contributed by atoms with Crippen LogP contribution in [-0.2, 0) is 16.0 Å². The van der Waals surface area contributed by atoms with Gasteiger partial charge in [-0.1, -0.05) is 18.2 Å². The van der Waals surface area contributed by atoms with E-state index in [1.165, 1.54) is 11.8 Å². The third kappa shape index (κ3) is 3.97. The van der Waals surface area contributed by atoms with Gasteiger partial charge in [0.2, 0.25) is 5.91 Å². The number of fused-ring (bicyclic) bond motifs is 1. The number of likely N-dealkylation sites (tertiary alicyclic amines) is 1. The van der Waals surface area contributed by atoms with E-state index >= 15 is 0 Å². The number of furan rings is 1. The number of nitrogens with one attached hydrogen (secondary N) is 1. The van der Waals surface area contributed by atoms with Crippen LogP contribution in [0.2, 0.25) is 0 Å². The molecule has 0 radical (unpaired) electrons. The highest BCUT2D eigenvalue weighted by molar-refractivity contribution is 8.00. The van der Waals surface area contributed by atoms with E-state index in [0.29, 0.717) is 31.7 Å². The summed E-state index contributed by atoms with van der Waals surface area (Å²) >= 11 is 1.53. The zero-order valence-corrected chi connectivity index (χ0v) is 16.6. The second kappa shape index (κ2) is 8.68. The van der Waals surface area contributed by atoms with Gasteiger partial charge in [0.25, 0.3) is 0 Å². The van der Waals surface area contributed by atoms with Crippen LogP contribution in [0.3, 0.4) is 0 Å². The van der Waals surface area contributed by atoms with E-state index in [1.54, 1.807) is 4.90 Å². The maximum Gasteiger partial charge on any atom is 0.223 e. The van der Waals surface area contributed by atoms with E-state index < -0.39 is 0 Å². The first-order chi connectivity index (χ1) is 13.7. The first-order valence-electron chi connectivity index (χ1n) is 9.94. The molecule has 1 amide bonds. The van der Waals surface area contributed by atoms with Crippen LogP contribution in [0.4, 0.5) is 0 Å². The Morgan fingerprint density at radius 3 is 3.00 bits per heavy atom. The molecule has 1 aromatic heterocycles. The van der Waals surface area contributed by atoms with Crippen LogP contribution in [0, 0.1) is 0 Å². The monoisotopic (exact) mass is 402 g/mol. The summed E-state index contributed by atoms with van der Waals surface area (Å²) in [6.07, 6.45) is 3.42. The van der Waals surface area contributed by atoms with Crippen molar-refractivity contribution in [2.24, 2.45) is 0 Å². The molecule has 0 aliphatic carbocycles. The quantitative estimate of drug-likeness (QED) is 0.740. The number of thioether (sulfide) groups is 1. The van der Waals surface area contributed by atoms with E-state index in [1.807, 2.05) is 30.3 Å². The van der Waals surface area contributed by atoms with Crippen LogP contribution >= 0.6 is 11.8 Å².